The molecule has 106 valence electrons. The molecule has 0 saturated carbocycles. The van der Waals surface area contributed by atoms with E-state index in [9.17, 15) is 9.90 Å². The van der Waals surface area contributed by atoms with E-state index in [1.807, 2.05) is 20.8 Å². The molecule has 2 N–H and O–H groups in total. The lowest BCUT2D eigenvalue weighted by Gasteiger charge is -2.22. The van der Waals surface area contributed by atoms with Crippen molar-refractivity contribution in [1.82, 2.24) is 5.32 Å². The van der Waals surface area contributed by atoms with Crippen LogP contribution in [0.2, 0.25) is 0 Å². The van der Waals surface area contributed by atoms with Crippen molar-refractivity contribution in [1.29, 1.82) is 0 Å². The van der Waals surface area contributed by atoms with Gasteiger partial charge >= 0.3 is 5.97 Å². The van der Waals surface area contributed by atoms with E-state index in [0.29, 0.717) is 12.3 Å². The second kappa shape index (κ2) is 7.29. The number of carboxylic acids is 1. The van der Waals surface area contributed by atoms with Gasteiger partial charge in [-0.15, -0.1) is 0 Å². The first-order valence-corrected chi connectivity index (χ1v) is 7.01. The molecule has 0 radical (unpaired) electrons. The van der Waals surface area contributed by atoms with E-state index in [1.54, 1.807) is 0 Å². The first-order chi connectivity index (χ1) is 8.93. The van der Waals surface area contributed by atoms with Gasteiger partial charge in [-0.1, -0.05) is 45.0 Å². The van der Waals surface area contributed by atoms with Crippen molar-refractivity contribution in [3.63, 3.8) is 0 Å². The fourth-order valence-electron chi connectivity index (χ4n) is 2.15. The molecule has 0 bridgehead atoms. The summed E-state index contributed by atoms with van der Waals surface area (Å²) in [6, 6.07) is 7.92. The summed E-state index contributed by atoms with van der Waals surface area (Å²) >= 11 is 0. The van der Waals surface area contributed by atoms with E-state index in [0.717, 1.165) is 12.0 Å². The van der Waals surface area contributed by atoms with Crippen molar-refractivity contribution < 1.29 is 9.90 Å². The van der Waals surface area contributed by atoms with Crippen molar-refractivity contribution in [2.45, 2.75) is 52.6 Å². The van der Waals surface area contributed by atoms with Gasteiger partial charge in [0.05, 0.1) is 0 Å². The molecule has 0 heterocycles. The standard InChI is InChI=1S/C16H25NO2/c1-5-13-6-8-14(9-7-13)12(4)17-15(16(18)19)10-11(2)3/h6-9,11-12,15,17H,5,10H2,1-4H3,(H,18,19). The Kier molecular flexibility index (Phi) is 6.03. The molecule has 0 spiro atoms. The summed E-state index contributed by atoms with van der Waals surface area (Å²) in [6.45, 7) is 8.22. The summed E-state index contributed by atoms with van der Waals surface area (Å²) in [4.78, 5) is 11.2. The number of hydrogen-bond donors (Lipinski definition) is 2. The Hall–Kier alpha value is -1.35. The van der Waals surface area contributed by atoms with Crippen molar-refractivity contribution in [3.05, 3.63) is 35.4 Å². The molecule has 2 atom stereocenters. The smallest absolute Gasteiger partial charge is 0.320 e. The normalized spacial score (nSPS) is 14.4. The highest BCUT2D eigenvalue weighted by atomic mass is 16.4. The van der Waals surface area contributed by atoms with Crippen molar-refractivity contribution in [2.24, 2.45) is 5.92 Å². The topological polar surface area (TPSA) is 49.3 Å². The van der Waals surface area contributed by atoms with Gasteiger partial charge in [0.2, 0.25) is 0 Å². The number of hydrogen-bond acceptors (Lipinski definition) is 2. The molecule has 0 aliphatic heterocycles. The van der Waals surface area contributed by atoms with Gasteiger partial charge in [0, 0.05) is 6.04 Å². The molecular weight excluding hydrogens is 238 g/mol. The number of carbonyl (C=O) groups is 1. The van der Waals surface area contributed by atoms with Crippen LogP contribution in [0.3, 0.4) is 0 Å². The summed E-state index contributed by atoms with van der Waals surface area (Å²) in [7, 11) is 0. The SMILES string of the molecule is CCc1ccc(C(C)NC(CC(C)C)C(=O)O)cc1. The maximum absolute atomic E-state index is 11.2. The predicted octanol–water partition coefficient (Wildman–Crippen LogP) is 3.40. The van der Waals surface area contributed by atoms with Crippen LogP contribution in [0.25, 0.3) is 0 Å². The minimum absolute atomic E-state index is 0.0470. The highest BCUT2D eigenvalue weighted by molar-refractivity contribution is 5.73. The number of benzene rings is 1. The van der Waals surface area contributed by atoms with E-state index in [4.69, 9.17) is 0 Å². The molecule has 3 nitrogen and oxygen atoms in total. The third-order valence-corrected chi connectivity index (χ3v) is 3.34. The van der Waals surface area contributed by atoms with Crippen LogP contribution in [-0.4, -0.2) is 17.1 Å². The zero-order valence-electron chi connectivity index (χ0n) is 12.3. The van der Waals surface area contributed by atoms with Crippen LogP contribution >= 0.6 is 0 Å². The Morgan fingerprint density at radius 1 is 1.21 bits per heavy atom. The van der Waals surface area contributed by atoms with Gasteiger partial charge in [0.15, 0.2) is 0 Å². The van der Waals surface area contributed by atoms with Crippen LogP contribution in [0.4, 0.5) is 0 Å². The lowest BCUT2D eigenvalue weighted by Crippen LogP contribution is -2.39. The first-order valence-electron chi connectivity index (χ1n) is 7.01. The quantitative estimate of drug-likeness (QED) is 0.792. The molecule has 0 aliphatic rings. The number of aryl methyl sites for hydroxylation is 1. The molecule has 0 amide bonds. The van der Waals surface area contributed by atoms with Crippen molar-refractivity contribution in [3.8, 4) is 0 Å². The number of aliphatic carboxylic acids is 1. The molecule has 0 aromatic heterocycles. The van der Waals surface area contributed by atoms with Gasteiger partial charge in [0.1, 0.15) is 6.04 Å². The van der Waals surface area contributed by atoms with E-state index in [1.165, 1.54) is 5.56 Å². The summed E-state index contributed by atoms with van der Waals surface area (Å²) in [5.41, 5.74) is 2.43. The van der Waals surface area contributed by atoms with Crippen LogP contribution < -0.4 is 5.32 Å². The third-order valence-electron chi connectivity index (χ3n) is 3.34. The average molecular weight is 263 g/mol. The summed E-state index contributed by atoms with van der Waals surface area (Å²) in [6.07, 6.45) is 1.67. The molecule has 1 aromatic carbocycles. The fourth-order valence-corrected chi connectivity index (χ4v) is 2.15. The number of rotatable bonds is 7. The molecule has 1 rings (SSSR count). The highest BCUT2D eigenvalue weighted by Crippen LogP contribution is 2.16. The fraction of sp³-hybridized carbons (Fsp3) is 0.562. The first kappa shape index (κ1) is 15.7. The average Bonchev–Trinajstić information content (AvgIpc) is 2.37. The highest BCUT2D eigenvalue weighted by Gasteiger charge is 2.21. The maximum atomic E-state index is 11.2. The van der Waals surface area contributed by atoms with Crippen LogP contribution in [0.5, 0.6) is 0 Å². The van der Waals surface area contributed by atoms with Crippen LogP contribution in [0.1, 0.15) is 51.3 Å². The molecule has 0 fully saturated rings. The van der Waals surface area contributed by atoms with Gasteiger partial charge in [0.25, 0.3) is 0 Å². The molecule has 19 heavy (non-hydrogen) atoms. The van der Waals surface area contributed by atoms with E-state index in [2.05, 4.69) is 36.5 Å². The van der Waals surface area contributed by atoms with Gasteiger partial charge in [-0.05, 0) is 36.8 Å². The minimum Gasteiger partial charge on any atom is -0.480 e. The van der Waals surface area contributed by atoms with Gasteiger partial charge in [-0.3, -0.25) is 10.1 Å². The molecular formula is C16H25NO2. The number of carboxylic acid groups (broad SMARTS) is 1. The van der Waals surface area contributed by atoms with Crippen LogP contribution in [-0.2, 0) is 11.2 Å². The van der Waals surface area contributed by atoms with E-state index >= 15 is 0 Å². The second-order valence-electron chi connectivity index (χ2n) is 5.50. The minimum atomic E-state index is -0.772. The largest absolute Gasteiger partial charge is 0.480 e. The zero-order chi connectivity index (χ0) is 14.4. The Morgan fingerprint density at radius 3 is 2.21 bits per heavy atom. The molecule has 0 saturated heterocycles. The van der Waals surface area contributed by atoms with Gasteiger partial charge in [-0.2, -0.15) is 0 Å². The lowest BCUT2D eigenvalue weighted by molar-refractivity contribution is -0.140. The van der Waals surface area contributed by atoms with Crippen molar-refractivity contribution in [2.75, 3.05) is 0 Å². The van der Waals surface area contributed by atoms with E-state index in [-0.39, 0.29) is 6.04 Å². The summed E-state index contributed by atoms with van der Waals surface area (Å²) in [5.74, 6) is -0.408. The van der Waals surface area contributed by atoms with Gasteiger partial charge in [-0.25, -0.2) is 0 Å². The third kappa shape index (κ3) is 5.03. The van der Waals surface area contributed by atoms with Crippen molar-refractivity contribution >= 4 is 5.97 Å². The van der Waals surface area contributed by atoms with Crippen LogP contribution in [0, 0.1) is 5.92 Å². The Labute approximate surface area is 116 Å². The molecule has 0 aliphatic carbocycles. The molecule has 1 aromatic rings. The summed E-state index contributed by atoms with van der Waals surface area (Å²) in [5, 5.41) is 12.4. The van der Waals surface area contributed by atoms with Gasteiger partial charge < -0.3 is 5.11 Å². The Balaban J connectivity index is 2.69. The van der Waals surface area contributed by atoms with E-state index < -0.39 is 12.0 Å². The Morgan fingerprint density at radius 2 is 1.79 bits per heavy atom. The lowest BCUT2D eigenvalue weighted by atomic mass is 10.0. The monoisotopic (exact) mass is 263 g/mol. The maximum Gasteiger partial charge on any atom is 0.320 e. The zero-order valence-corrected chi connectivity index (χ0v) is 12.3. The van der Waals surface area contributed by atoms with Crippen LogP contribution in [0.15, 0.2) is 24.3 Å². The predicted molar refractivity (Wildman–Crippen MR) is 78.2 cm³/mol. The molecule has 3 heteroatoms. The summed E-state index contributed by atoms with van der Waals surface area (Å²) < 4.78 is 0. The molecule has 2 unspecified atom stereocenters. The second-order valence-corrected chi connectivity index (χ2v) is 5.50. The Bertz CT molecular complexity index is 398. The number of nitrogens with one attached hydrogen (secondary N) is 1.